The fourth-order valence-corrected chi connectivity index (χ4v) is 7.30. The summed E-state index contributed by atoms with van der Waals surface area (Å²) in [6, 6.07) is 24.2. The van der Waals surface area contributed by atoms with Crippen molar-refractivity contribution >= 4 is 39.4 Å². The van der Waals surface area contributed by atoms with Gasteiger partial charge in [-0.05, 0) is 55.7 Å². The molecule has 6 heteroatoms. The van der Waals surface area contributed by atoms with Crippen LogP contribution in [0.3, 0.4) is 0 Å². The summed E-state index contributed by atoms with van der Waals surface area (Å²) in [6.45, 7) is 6.20. The number of fused-ring (bicyclic) bond motifs is 7. The van der Waals surface area contributed by atoms with Gasteiger partial charge in [0.15, 0.2) is 5.54 Å². The fraction of sp³-hybridized carbons (Fsp3) is 0.250. The van der Waals surface area contributed by atoms with E-state index in [9.17, 15) is 9.59 Å². The molecule has 7 rings (SSSR count). The molecule has 0 fully saturated rings. The highest BCUT2D eigenvalue weighted by molar-refractivity contribution is 6.13. The van der Waals surface area contributed by atoms with E-state index < -0.39 is 11.0 Å². The lowest BCUT2D eigenvalue weighted by atomic mass is 9.71. The second-order valence-corrected chi connectivity index (χ2v) is 10.5. The number of hydrogen-bond acceptors (Lipinski definition) is 3. The molecule has 0 saturated carbocycles. The van der Waals surface area contributed by atoms with Crippen molar-refractivity contribution in [2.45, 2.75) is 38.1 Å². The van der Waals surface area contributed by atoms with Crippen LogP contribution in [0.15, 0.2) is 72.8 Å². The second-order valence-electron chi connectivity index (χ2n) is 10.5. The van der Waals surface area contributed by atoms with Crippen molar-refractivity contribution in [1.82, 2.24) is 9.55 Å². The number of aromatic nitrogens is 2. The number of esters is 1. The predicted octanol–water partition coefficient (Wildman–Crippen LogP) is 5.71. The molecule has 190 valence electrons. The topological polar surface area (TPSA) is 67.3 Å². The number of carbonyl (C=O) groups excluding carboxylic acids is 2. The van der Waals surface area contributed by atoms with Crippen molar-refractivity contribution in [3.05, 3.63) is 101 Å². The third-order valence-corrected chi connectivity index (χ3v) is 8.82. The van der Waals surface area contributed by atoms with Gasteiger partial charge in [0.1, 0.15) is 5.41 Å². The van der Waals surface area contributed by atoms with E-state index in [2.05, 4.69) is 35.5 Å². The number of aryl methyl sites for hydroxylation is 2. The molecule has 5 aromatic rings. The average Bonchev–Trinajstić information content (AvgIpc) is 3.61. The van der Waals surface area contributed by atoms with E-state index in [0.717, 1.165) is 55.6 Å². The largest absolute Gasteiger partial charge is 0.464 e. The number of hydrogen-bond donors (Lipinski definition) is 1. The highest BCUT2D eigenvalue weighted by Gasteiger charge is 2.67. The molecule has 1 unspecified atom stereocenters. The molecule has 0 radical (unpaired) electrons. The molecule has 6 nitrogen and oxygen atoms in total. The number of ether oxygens (including phenoxy) is 1. The molecular weight excluding hydrogens is 474 g/mol. The quantitative estimate of drug-likeness (QED) is 0.321. The standard InChI is InChI=1S/C32H29N3O3/c1-5-38-30(37)32(27-19(2)21-12-6-9-15-24(21)33-27)18-31(23-14-8-11-17-26(23)34(4)29(31)36)28-20(3)22-13-7-10-16-25(22)35(28)32/h6-17,33H,5,18H2,1-4H3/t31?,32-/m1/s1. The number of rotatable bonds is 3. The highest BCUT2D eigenvalue weighted by atomic mass is 16.5. The number of benzene rings is 3. The normalized spacial score (nSPS) is 22.0. The Labute approximate surface area is 220 Å². The first-order valence-electron chi connectivity index (χ1n) is 13.1. The van der Waals surface area contributed by atoms with Gasteiger partial charge in [-0.3, -0.25) is 4.79 Å². The van der Waals surface area contributed by atoms with E-state index in [4.69, 9.17) is 4.74 Å². The van der Waals surface area contributed by atoms with E-state index in [0.29, 0.717) is 0 Å². The molecule has 2 atom stereocenters. The Morgan fingerprint density at radius 1 is 0.947 bits per heavy atom. The molecule has 0 bridgehead atoms. The highest BCUT2D eigenvalue weighted by Crippen LogP contribution is 2.61. The monoisotopic (exact) mass is 503 g/mol. The summed E-state index contributed by atoms with van der Waals surface area (Å²) >= 11 is 0. The molecule has 2 aliphatic rings. The molecule has 0 aliphatic carbocycles. The van der Waals surface area contributed by atoms with Crippen molar-refractivity contribution in [3.8, 4) is 0 Å². The number of likely N-dealkylation sites (N-methyl/N-ethyl adjacent to an activating group) is 1. The van der Waals surface area contributed by atoms with Crippen molar-refractivity contribution in [1.29, 1.82) is 0 Å². The van der Waals surface area contributed by atoms with Crippen LogP contribution in [-0.4, -0.2) is 35.1 Å². The maximum Gasteiger partial charge on any atom is 0.338 e. The number of H-pyrrole nitrogens is 1. The minimum Gasteiger partial charge on any atom is -0.464 e. The van der Waals surface area contributed by atoms with Crippen LogP contribution in [0.25, 0.3) is 21.8 Å². The van der Waals surface area contributed by atoms with Gasteiger partial charge in [-0.2, -0.15) is 0 Å². The van der Waals surface area contributed by atoms with E-state index in [1.807, 2.05) is 74.6 Å². The van der Waals surface area contributed by atoms with Gasteiger partial charge in [-0.1, -0.05) is 54.6 Å². The van der Waals surface area contributed by atoms with Gasteiger partial charge in [0.2, 0.25) is 5.91 Å². The molecule has 2 aliphatic heterocycles. The van der Waals surface area contributed by atoms with Crippen LogP contribution >= 0.6 is 0 Å². The Kier molecular flexibility index (Phi) is 4.57. The zero-order chi connectivity index (χ0) is 26.4. The van der Waals surface area contributed by atoms with Crippen molar-refractivity contribution in [2.75, 3.05) is 18.6 Å². The zero-order valence-corrected chi connectivity index (χ0v) is 22.0. The van der Waals surface area contributed by atoms with E-state index in [1.54, 1.807) is 4.90 Å². The molecule has 1 spiro atoms. The summed E-state index contributed by atoms with van der Waals surface area (Å²) in [7, 11) is 1.83. The molecule has 3 aromatic carbocycles. The maximum atomic E-state index is 14.5. The van der Waals surface area contributed by atoms with Gasteiger partial charge in [0.25, 0.3) is 0 Å². The molecular formula is C32H29N3O3. The first-order chi connectivity index (χ1) is 18.4. The number of nitrogens with zero attached hydrogens (tertiary/aromatic N) is 2. The molecule has 1 amide bonds. The van der Waals surface area contributed by atoms with Crippen molar-refractivity contribution < 1.29 is 14.3 Å². The Morgan fingerprint density at radius 3 is 2.39 bits per heavy atom. The predicted molar refractivity (Wildman–Crippen MR) is 149 cm³/mol. The minimum absolute atomic E-state index is 0.0224. The second kappa shape index (κ2) is 7.60. The third-order valence-electron chi connectivity index (χ3n) is 8.82. The van der Waals surface area contributed by atoms with Crippen molar-refractivity contribution in [3.63, 3.8) is 0 Å². The maximum absolute atomic E-state index is 14.5. The average molecular weight is 504 g/mol. The molecule has 2 aromatic heterocycles. The van der Waals surface area contributed by atoms with Crippen LogP contribution < -0.4 is 4.90 Å². The van der Waals surface area contributed by atoms with Gasteiger partial charge >= 0.3 is 5.97 Å². The summed E-state index contributed by atoms with van der Waals surface area (Å²) < 4.78 is 8.02. The zero-order valence-electron chi connectivity index (χ0n) is 22.0. The van der Waals surface area contributed by atoms with E-state index in [1.165, 1.54) is 0 Å². The molecule has 0 saturated heterocycles. The third kappa shape index (κ3) is 2.48. The Bertz CT molecular complexity index is 1810. The summed E-state index contributed by atoms with van der Waals surface area (Å²) in [5, 5.41) is 2.08. The molecule has 1 N–H and O–H groups in total. The summed E-state index contributed by atoms with van der Waals surface area (Å²) in [6.07, 6.45) is 0.244. The minimum atomic E-state index is -1.27. The number of para-hydroxylation sites is 3. The summed E-state index contributed by atoms with van der Waals surface area (Å²) in [4.78, 5) is 34.3. The number of aromatic amines is 1. The van der Waals surface area contributed by atoms with Crippen molar-refractivity contribution in [2.24, 2.45) is 0 Å². The Morgan fingerprint density at radius 2 is 1.63 bits per heavy atom. The van der Waals surface area contributed by atoms with Crippen LogP contribution in [0.5, 0.6) is 0 Å². The van der Waals surface area contributed by atoms with Crippen LogP contribution in [0.4, 0.5) is 5.69 Å². The molecule has 4 heterocycles. The first-order valence-corrected chi connectivity index (χ1v) is 13.1. The Balaban J connectivity index is 1.69. The van der Waals surface area contributed by atoms with Gasteiger partial charge in [-0.25, -0.2) is 4.79 Å². The molecule has 38 heavy (non-hydrogen) atoms. The summed E-state index contributed by atoms with van der Waals surface area (Å²) in [5.74, 6) is -0.376. The SMILES string of the molecule is CCOC(=O)[C@]1(c2[nH]c3ccccc3c2C)CC2(C(=O)N(C)c3ccccc32)c2c(C)c3ccccc3n21. The van der Waals surface area contributed by atoms with Crippen LogP contribution in [0.2, 0.25) is 0 Å². The van der Waals surface area contributed by atoms with Gasteiger partial charge in [0, 0.05) is 46.7 Å². The lowest BCUT2D eigenvalue weighted by molar-refractivity contribution is -0.151. The fourth-order valence-electron chi connectivity index (χ4n) is 7.30. The number of anilines is 1. The number of nitrogens with one attached hydrogen (secondary N) is 1. The summed E-state index contributed by atoms with van der Waals surface area (Å²) in [5.41, 5.74) is 5.01. The lowest BCUT2D eigenvalue weighted by Crippen LogP contribution is -2.45. The number of carbonyl (C=O) groups is 2. The van der Waals surface area contributed by atoms with Gasteiger partial charge in [0.05, 0.1) is 12.3 Å². The van der Waals surface area contributed by atoms with Crippen LogP contribution in [0, 0.1) is 13.8 Å². The van der Waals surface area contributed by atoms with E-state index >= 15 is 0 Å². The van der Waals surface area contributed by atoms with E-state index in [-0.39, 0.29) is 24.9 Å². The first kappa shape index (κ1) is 22.8. The van der Waals surface area contributed by atoms with Gasteiger partial charge < -0.3 is 19.2 Å². The van der Waals surface area contributed by atoms with Gasteiger partial charge in [-0.15, -0.1) is 0 Å². The van der Waals surface area contributed by atoms with Crippen LogP contribution in [0.1, 0.15) is 41.4 Å². The number of amides is 1. The van der Waals surface area contributed by atoms with Crippen LogP contribution in [-0.2, 0) is 25.3 Å². The smallest absolute Gasteiger partial charge is 0.338 e. The Hall–Kier alpha value is -4.32. The lowest BCUT2D eigenvalue weighted by Gasteiger charge is -2.32.